The number of rotatable bonds is 8. The van der Waals surface area contributed by atoms with Crippen molar-refractivity contribution in [2.24, 2.45) is 5.41 Å². The fourth-order valence-electron chi connectivity index (χ4n) is 1.19. The Morgan fingerprint density at radius 2 is 1.31 bits per heavy atom. The zero-order chi connectivity index (χ0) is 21.2. The molecule has 26 heavy (non-hydrogen) atoms. The van der Waals surface area contributed by atoms with E-state index in [1.807, 2.05) is 0 Å². The van der Waals surface area contributed by atoms with Gasteiger partial charge in [0.15, 0.2) is 6.61 Å². The van der Waals surface area contributed by atoms with Crippen LogP contribution in [0.2, 0.25) is 0 Å². The molecule has 0 aromatic heterocycles. The number of hydrogen-bond donors (Lipinski definition) is 1. The highest BCUT2D eigenvalue weighted by molar-refractivity contribution is 9.10. The molecule has 1 N–H and O–H groups in total. The topological polar surface area (TPSA) is 72.8 Å². The van der Waals surface area contributed by atoms with Crippen molar-refractivity contribution in [2.45, 2.75) is 43.1 Å². The van der Waals surface area contributed by atoms with E-state index in [1.165, 1.54) is 13.8 Å². The van der Waals surface area contributed by atoms with E-state index in [9.17, 15) is 45.4 Å². The SMILES string of the molecule is CC(C)(Br)C(=O)OCC(C)(CO)C(=O)OCC(F)(F)C(F)(F)C(F)(F)F. The first-order chi connectivity index (χ1) is 11.3. The summed E-state index contributed by atoms with van der Waals surface area (Å²) >= 11 is 2.93. The summed E-state index contributed by atoms with van der Waals surface area (Å²) in [6, 6.07) is 0. The van der Waals surface area contributed by atoms with E-state index in [1.54, 1.807) is 0 Å². The molecule has 0 saturated heterocycles. The standard InChI is InChI=1S/C13H16BrF7O5/c1-9(2,14)7(23)25-5-10(3,4-22)8(24)26-6-11(15,16)12(17,18)13(19,20)21/h22H,4-6H2,1-3H3. The third-order valence-corrected chi connectivity index (χ3v) is 3.37. The lowest BCUT2D eigenvalue weighted by Gasteiger charge is -2.30. The molecule has 0 saturated carbocycles. The Bertz CT molecular complexity index is 530. The quantitative estimate of drug-likeness (QED) is 0.339. The van der Waals surface area contributed by atoms with Crippen molar-refractivity contribution in [1.82, 2.24) is 0 Å². The minimum Gasteiger partial charge on any atom is -0.463 e. The van der Waals surface area contributed by atoms with Crippen molar-refractivity contribution in [3.63, 3.8) is 0 Å². The van der Waals surface area contributed by atoms with E-state index >= 15 is 0 Å². The van der Waals surface area contributed by atoms with Gasteiger partial charge in [-0.25, -0.2) is 0 Å². The maximum Gasteiger partial charge on any atom is 0.460 e. The lowest BCUT2D eigenvalue weighted by molar-refractivity contribution is -0.360. The van der Waals surface area contributed by atoms with Gasteiger partial charge in [-0.3, -0.25) is 9.59 Å². The molecule has 0 spiro atoms. The maximum absolute atomic E-state index is 13.1. The van der Waals surface area contributed by atoms with Crippen molar-refractivity contribution < 1.29 is 54.9 Å². The average Bonchev–Trinajstić information content (AvgIpc) is 2.47. The summed E-state index contributed by atoms with van der Waals surface area (Å²) in [4.78, 5) is 23.3. The molecule has 154 valence electrons. The molecule has 0 fully saturated rings. The monoisotopic (exact) mass is 464 g/mol. The summed E-state index contributed by atoms with van der Waals surface area (Å²) < 4.78 is 95.0. The van der Waals surface area contributed by atoms with Crippen LogP contribution in [-0.4, -0.2) is 59.2 Å². The first kappa shape index (κ1) is 24.9. The summed E-state index contributed by atoms with van der Waals surface area (Å²) in [5.41, 5.74) is -2.16. The smallest absolute Gasteiger partial charge is 0.460 e. The van der Waals surface area contributed by atoms with Gasteiger partial charge in [0.05, 0.1) is 6.61 Å². The molecule has 0 heterocycles. The van der Waals surface area contributed by atoms with Crippen LogP contribution < -0.4 is 0 Å². The first-order valence-electron chi connectivity index (χ1n) is 6.78. The van der Waals surface area contributed by atoms with Gasteiger partial charge in [-0.2, -0.15) is 30.7 Å². The molecule has 0 aliphatic carbocycles. The van der Waals surface area contributed by atoms with Gasteiger partial charge < -0.3 is 14.6 Å². The van der Waals surface area contributed by atoms with Crippen molar-refractivity contribution >= 4 is 27.9 Å². The second kappa shape index (κ2) is 7.87. The van der Waals surface area contributed by atoms with E-state index in [4.69, 9.17) is 0 Å². The molecular formula is C13H16BrF7O5. The molecule has 0 rings (SSSR count). The van der Waals surface area contributed by atoms with Crippen LogP contribution in [0.15, 0.2) is 0 Å². The van der Waals surface area contributed by atoms with E-state index in [0.29, 0.717) is 0 Å². The molecule has 0 aliphatic heterocycles. The number of aliphatic hydroxyl groups excluding tert-OH is 1. The molecule has 13 heteroatoms. The van der Waals surface area contributed by atoms with Gasteiger partial charge in [-0.05, 0) is 20.8 Å². The van der Waals surface area contributed by atoms with E-state index in [0.717, 1.165) is 6.92 Å². The van der Waals surface area contributed by atoms with Crippen molar-refractivity contribution in [3.8, 4) is 0 Å². The molecule has 0 aromatic carbocycles. The van der Waals surface area contributed by atoms with Crippen LogP contribution in [0.25, 0.3) is 0 Å². The highest BCUT2D eigenvalue weighted by atomic mass is 79.9. The van der Waals surface area contributed by atoms with Gasteiger partial charge in [-0.15, -0.1) is 0 Å². The summed E-state index contributed by atoms with van der Waals surface area (Å²) in [5, 5.41) is 9.17. The highest BCUT2D eigenvalue weighted by Crippen LogP contribution is 2.46. The Morgan fingerprint density at radius 1 is 0.885 bits per heavy atom. The Morgan fingerprint density at radius 3 is 1.65 bits per heavy atom. The summed E-state index contributed by atoms with van der Waals surface area (Å²) in [6.07, 6.45) is -6.57. The van der Waals surface area contributed by atoms with Crippen molar-refractivity contribution in [2.75, 3.05) is 19.8 Å². The largest absolute Gasteiger partial charge is 0.463 e. The molecule has 0 aliphatic rings. The van der Waals surface area contributed by atoms with E-state index < -0.39 is 59.5 Å². The van der Waals surface area contributed by atoms with Crippen LogP contribution >= 0.6 is 15.9 Å². The third-order valence-electron chi connectivity index (χ3n) is 3.05. The first-order valence-corrected chi connectivity index (χ1v) is 7.58. The number of ether oxygens (including phenoxy) is 2. The zero-order valence-electron chi connectivity index (χ0n) is 13.7. The van der Waals surface area contributed by atoms with Crippen LogP contribution in [0.1, 0.15) is 20.8 Å². The summed E-state index contributed by atoms with van der Waals surface area (Å²) in [7, 11) is 0. The number of carbonyl (C=O) groups excluding carboxylic acids is 2. The van der Waals surface area contributed by atoms with Crippen LogP contribution in [0.5, 0.6) is 0 Å². The highest BCUT2D eigenvalue weighted by Gasteiger charge is 2.73. The van der Waals surface area contributed by atoms with Gasteiger partial charge in [0.2, 0.25) is 0 Å². The lowest BCUT2D eigenvalue weighted by atomic mass is 9.93. The number of halogens is 8. The maximum atomic E-state index is 13.1. The fourth-order valence-corrected chi connectivity index (χ4v) is 1.31. The second-order valence-electron chi connectivity index (χ2n) is 6.12. The minimum atomic E-state index is -6.57. The van der Waals surface area contributed by atoms with Crippen LogP contribution in [0, 0.1) is 5.41 Å². The molecule has 1 unspecified atom stereocenters. The molecule has 0 amide bonds. The molecule has 0 aromatic rings. The van der Waals surface area contributed by atoms with E-state index in [-0.39, 0.29) is 0 Å². The Balaban J connectivity index is 5.09. The Hall–Kier alpha value is -1.11. The third kappa shape index (κ3) is 5.69. The number of esters is 2. The number of aliphatic hydroxyl groups is 1. The zero-order valence-corrected chi connectivity index (χ0v) is 15.3. The van der Waals surface area contributed by atoms with Gasteiger partial charge >= 0.3 is 30.0 Å². The van der Waals surface area contributed by atoms with Crippen LogP contribution in [-0.2, 0) is 19.1 Å². The summed E-state index contributed by atoms with van der Waals surface area (Å²) in [5.74, 6) is -14.9. The average molecular weight is 465 g/mol. The van der Waals surface area contributed by atoms with E-state index in [2.05, 4.69) is 25.4 Å². The van der Waals surface area contributed by atoms with Gasteiger partial charge in [0.1, 0.15) is 16.3 Å². The summed E-state index contributed by atoms with van der Waals surface area (Å²) in [6.45, 7) is -0.996. The van der Waals surface area contributed by atoms with Crippen molar-refractivity contribution in [3.05, 3.63) is 0 Å². The normalized spacial score (nSPS) is 16.0. The minimum absolute atomic E-state index is 0.879. The van der Waals surface area contributed by atoms with Crippen molar-refractivity contribution in [1.29, 1.82) is 0 Å². The number of carbonyl (C=O) groups is 2. The predicted octanol–water partition coefficient (Wildman–Crippen LogP) is 3.08. The van der Waals surface area contributed by atoms with Crippen LogP contribution in [0.4, 0.5) is 30.7 Å². The molecule has 0 bridgehead atoms. The molecule has 1 atom stereocenters. The Kier molecular flexibility index (Phi) is 7.53. The second-order valence-corrected chi connectivity index (χ2v) is 8.10. The van der Waals surface area contributed by atoms with Gasteiger partial charge in [0.25, 0.3) is 0 Å². The molecule has 5 nitrogen and oxygen atoms in total. The number of hydrogen-bond acceptors (Lipinski definition) is 5. The predicted molar refractivity (Wildman–Crippen MR) is 76.1 cm³/mol. The van der Waals surface area contributed by atoms with Gasteiger partial charge in [-0.1, -0.05) is 15.9 Å². The van der Waals surface area contributed by atoms with Gasteiger partial charge in [0, 0.05) is 0 Å². The molecule has 0 radical (unpaired) electrons. The van der Waals surface area contributed by atoms with Crippen LogP contribution in [0.3, 0.4) is 0 Å². The Labute approximate surface area is 151 Å². The molecular weight excluding hydrogens is 449 g/mol. The number of alkyl halides is 8. The lowest BCUT2D eigenvalue weighted by Crippen LogP contribution is -2.55. The fraction of sp³-hybridized carbons (Fsp3) is 0.846.